The number of nitro benzene ring substituents is 1. The highest BCUT2D eigenvalue weighted by Crippen LogP contribution is 2.30. The molecule has 17 heavy (non-hydrogen) atoms. The van der Waals surface area contributed by atoms with Crippen molar-refractivity contribution in [2.45, 2.75) is 0 Å². The summed E-state index contributed by atoms with van der Waals surface area (Å²) >= 11 is 7.55. The Morgan fingerprint density at radius 1 is 1.65 bits per heavy atom. The predicted octanol–water partition coefficient (Wildman–Crippen LogP) is 0.598. The maximum atomic E-state index is 11.6. The monoisotopic (exact) mass is 317 g/mol. The zero-order valence-corrected chi connectivity index (χ0v) is 10.6. The molecule has 0 aliphatic heterocycles. The third-order valence-corrected chi connectivity index (χ3v) is 2.19. The molecule has 0 bridgehead atoms. The van der Waals surface area contributed by atoms with Crippen LogP contribution in [0, 0.1) is 10.1 Å². The summed E-state index contributed by atoms with van der Waals surface area (Å²) < 4.78 is 0.403. The van der Waals surface area contributed by atoms with Gasteiger partial charge in [0.25, 0.3) is 5.69 Å². The average molecular weight is 318 g/mol. The van der Waals surface area contributed by atoms with Crippen LogP contribution in [0.1, 0.15) is 5.56 Å². The fraction of sp³-hybridized carbons (Fsp3) is 0. The lowest BCUT2D eigenvalue weighted by Gasteiger charge is -2.10. The van der Waals surface area contributed by atoms with Gasteiger partial charge >= 0.3 is 0 Å². The number of nitrogens with zero attached hydrogens (tertiary/aromatic N) is 2. The van der Waals surface area contributed by atoms with Crippen molar-refractivity contribution in [2.24, 2.45) is 10.8 Å². The molecule has 7 nitrogen and oxygen atoms in total. The van der Waals surface area contributed by atoms with Gasteiger partial charge in [-0.15, -0.1) is 0 Å². The highest BCUT2D eigenvalue weighted by molar-refractivity contribution is 9.10. The minimum absolute atomic E-state index is 0.0508. The number of nitrogens with two attached hydrogens (primary N) is 1. The number of hydrogen-bond acceptors (Lipinski definition) is 5. The number of rotatable bonds is 3. The highest BCUT2D eigenvalue weighted by Gasteiger charge is 2.10. The first-order valence-electron chi connectivity index (χ1n) is 4.15. The first kappa shape index (κ1) is 13.3. The minimum atomic E-state index is -0.759. The minimum Gasteiger partial charge on any atom is -0.867 e. The van der Waals surface area contributed by atoms with Crippen molar-refractivity contribution in [3.63, 3.8) is 0 Å². The molecule has 9 heteroatoms. The second-order valence-corrected chi connectivity index (χ2v) is 4.19. The molecule has 0 radical (unpaired) electrons. The van der Waals surface area contributed by atoms with E-state index in [0.29, 0.717) is 4.47 Å². The van der Waals surface area contributed by atoms with Crippen molar-refractivity contribution < 1.29 is 10.0 Å². The normalized spacial score (nSPS) is 10.4. The van der Waals surface area contributed by atoms with Crippen molar-refractivity contribution in [3.05, 3.63) is 32.3 Å². The number of nitro groups is 1. The summed E-state index contributed by atoms with van der Waals surface area (Å²) in [4.78, 5) is 9.83. The van der Waals surface area contributed by atoms with Gasteiger partial charge in [0, 0.05) is 10.5 Å². The average Bonchev–Trinajstić information content (AvgIpc) is 2.21. The number of benzene rings is 1. The van der Waals surface area contributed by atoms with E-state index in [1.54, 1.807) is 0 Å². The van der Waals surface area contributed by atoms with E-state index in [1.807, 2.05) is 0 Å². The van der Waals surface area contributed by atoms with Crippen molar-refractivity contribution in [2.75, 3.05) is 0 Å². The van der Waals surface area contributed by atoms with Crippen LogP contribution >= 0.6 is 28.1 Å². The van der Waals surface area contributed by atoms with Crippen LogP contribution < -0.4 is 16.3 Å². The summed E-state index contributed by atoms with van der Waals surface area (Å²) in [6.07, 6.45) is 1.11. The molecule has 90 valence electrons. The Balaban J connectivity index is 3.11. The Kier molecular flexibility index (Phi) is 4.35. The molecule has 0 amide bonds. The number of hydrazone groups is 1. The van der Waals surface area contributed by atoms with E-state index >= 15 is 0 Å². The number of nitrogens with one attached hydrogen (secondary N) is 1. The zero-order valence-electron chi connectivity index (χ0n) is 8.21. The Morgan fingerprint density at radius 3 is 2.82 bits per heavy atom. The van der Waals surface area contributed by atoms with Crippen LogP contribution in [0.15, 0.2) is 21.7 Å². The molecule has 1 aromatic rings. The van der Waals surface area contributed by atoms with E-state index in [9.17, 15) is 15.2 Å². The number of hydrogen-bond donors (Lipinski definition) is 2. The van der Waals surface area contributed by atoms with Crippen LogP contribution in [0.5, 0.6) is 5.75 Å². The van der Waals surface area contributed by atoms with Gasteiger partial charge in [0.15, 0.2) is 5.11 Å². The number of halogens is 1. The van der Waals surface area contributed by atoms with Gasteiger partial charge in [-0.3, -0.25) is 15.5 Å². The van der Waals surface area contributed by atoms with Crippen molar-refractivity contribution in [1.29, 1.82) is 0 Å². The molecule has 0 spiro atoms. The van der Waals surface area contributed by atoms with E-state index in [1.165, 1.54) is 6.07 Å². The molecule has 0 atom stereocenters. The molecule has 0 saturated carbocycles. The van der Waals surface area contributed by atoms with Crippen molar-refractivity contribution >= 4 is 45.2 Å². The molecular weight excluding hydrogens is 312 g/mol. The van der Waals surface area contributed by atoms with E-state index in [4.69, 9.17) is 5.73 Å². The second kappa shape index (κ2) is 5.55. The third kappa shape index (κ3) is 3.64. The quantitative estimate of drug-likeness (QED) is 0.365. The topological polar surface area (TPSA) is 117 Å². The molecule has 1 aromatic carbocycles. The van der Waals surface area contributed by atoms with Crippen molar-refractivity contribution in [3.8, 4) is 5.75 Å². The molecular formula is C8H6BrN4O3S-. The molecule has 0 heterocycles. The Labute approximate surface area is 110 Å². The first-order chi connectivity index (χ1) is 7.91. The van der Waals surface area contributed by atoms with Gasteiger partial charge in [-0.2, -0.15) is 5.10 Å². The van der Waals surface area contributed by atoms with Crippen LogP contribution in [0.4, 0.5) is 5.69 Å². The van der Waals surface area contributed by atoms with E-state index < -0.39 is 16.4 Å². The summed E-state index contributed by atoms with van der Waals surface area (Å²) in [6, 6.07) is 2.53. The second-order valence-electron chi connectivity index (χ2n) is 2.83. The van der Waals surface area contributed by atoms with Gasteiger partial charge in [0.1, 0.15) is 0 Å². The van der Waals surface area contributed by atoms with Gasteiger partial charge in [-0.25, -0.2) is 0 Å². The lowest BCUT2D eigenvalue weighted by Crippen LogP contribution is -2.24. The largest absolute Gasteiger partial charge is 0.867 e. The van der Waals surface area contributed by atoms with Gasteiger partial charge in [-0.05, 0) is 29.6 Å². The van der Waals surface area contributed by atoms with Crippen molar-refractivity contribution in [1.82, 2.24) is 5.43 Å². The lowest BCUT2D eigenvalue weighted by molar-refractivity contribution is -0.398. The smallest absolute Gasteiger partial charge is 0.263 e. The summed E-state index contributed by atoms with van der Waals surface area (Å²) in [5.41, 5.74) is 6.88. The SMILES string of the molecule is NC(=S)N/N=C\c1cc(Br)cc([N+](=O)[O-])c1[O-]. The standard InChI is InChI=1S/C8H7BrN4O3S/c9-5-1-4(3-11-12-8(10)17)7(14)6(2-5)13(15)16/h1-3,14H,(H3,10,12,17)/p-1/b11-3-. The fourth-order valence-electron chi connectivity index (χ4n) is 0.997. The lowest BCUT2D eigenvalue weighted by atomic mass is 10.2. The summed E-state index contributed by atoms with van der Waals surface area (Å²) in [5.74, 6) is -0.730. The molecule has 3 N–H and O–H groups in total. The highest BCUT2D eigenvalue weighted by atomic mass is 79.9. The van der Waals surface area contributed by atoms with Crippen LogP contribution in [0.25, 0.3) is 0 Å². The van der Waals surface area contributed by atoms with E-state index in [-0.39, 0.29) is 10.7 Å². The van der Waals surface area contributed by atoms with Crippen LogP contribution in [-0.4, -0.2) is 16.3 Å². The fourth-order valence-corrected chi connectivity index (χ4v) is 1.51. The van der Waals surface area contributed by atoms with Crippen LogP contribution in [0.3, 0.4) is 0 Å². The molecule has 0 unspecified atom stereocenters. The predicted molar refractivity (Wildman–Crippen MR) is 67.8 cm³/mol. The summed E-state index contributed by atoms with van der Waals surface area (Å²) in [7, 11) is 0. The summed E-state index contributed by atoms with van der Waals surface area (Å²) in [6.45, 7) is 0. The Hall–Kier alpha value is -1.74. The molecule has 0 aromatic heterocycles. The van der Waals surface area contributed by atoms with E-state index in [0.717, 1.165) is 12.3 Å². The third-order valence-electron chi connectivity index (χ3n) is 1.64. The molecule has 0 saturated heterocycles. The molecule has 0 fully saturated rings. The first-order valence-corrected chi connectivity index (χ1v) is 5.35. The Bertz CT molecular complexity index is 506. The Morgan fingerprint density at radius 2 is 2.29 bits per heavy atom. The van der Waals surface area contributed by atoms with Gasteiger partial charge < -0.3 is 10.8 Å². The van der Waals surface area contributed by atoms with Crippen LogP contribution in [0.2, 0.25) is 0 Å². The maximum Gasteiger partial charge on any atom is 0.263 e. The molecule has 1 rings (SSSR count). The molecule has 0 aliphatic carbocycles. The maximum absolute atomic E-state index is 11.6. The van der Waals surface area contributed by atoms with Gasteiger partial charge in [-0.1, -0.05) is 15.9 Å². The number of thiocarbonyl (C=S) groups is 1. The van der Waals surface area contributed by atoms with Crippen LogP contribution in [-0.2, 0) is 0 Å². The van der Waals surface area contributed by atoms with E-state index in [2.05, 4.69) is 38.7 Å². The zero-order chi connectivity index (χ0) is 13.0. The van der Waals surface area contributed by atoms with Gasteiger partial charge in [0.05, 0.1) is 11.1 Å². The van der Waals surface area contributed by atoms with Gasteiger partial charge in [0.2, 0.25) is 0 Å². The molecule has 0 aliphatic rings. The summed E-state index contributed by atoms with van der Waals surface area (Å²) in [5, 5.41) is 25.7.